The molecule has 1 aromatic rings. The first-order valence-corrected chi connectivity index (χ1v) is 6.08. The molecule has 0 atom stereocenters. The van der Waals surface area contributed by atoms with Gasteiger partial charge in [0.2, 0.25) is 0 Å². The number of aliphatic carboxylic acids is 1. The van der Waals surface area contributed by atoms with E-state index in [1.165, 1.54) is 4.88 Å². The third-order valence-electron chi connectivity index (χ3n) is 2.61. The summed E-state index contributed by atoms with van der Waals surface area (Å²) in [6, 6.07) is 0. The number of aromatic nitrogens is 1. The molecule has 5 nitrogen and oxygen atoms in total. The smallest absolute Gasteiger partial charge is 0.317 e. The van der Waals surface area contributed by atoms with E-state index in [0.29, 0.717) is 0 Å². The summed E-state index contributed by atoms with van der Waals surface area (Å²) < 4.78 is 0. The molecular weight excluding hydrogens is 226 g/mol. The van der Waals surface area contributed by atoms with Crippen molar-refractivity contribution in [3.05, 3.63) is 11.1 Å². The summed E-state index contributed by atoms with van der Waals surface area (Å²) >= 11 is 1.69. The average molecular weight is 241 g/mol. The van der Waals surface area contributed by atoms with Crippen molar-refractivity contribution in [2.45, 2.75) is 6.92 Å². The highest BCUT2D eigenvalue weighted by Crippen LogP contribution is 2.22. The van der Waals surface area contributed by atoms with Crippen LogP contribution in [-0.4, -0.2) is 53.7 Å². The maximum atomic E-state index is 10.6. The van der Waals surface area contributed by atoms with Crippen LogP contribution < -0.4 is 4.90 Å². The standard InChI is InChI=1S/C10H15N3O2S/c1-8-6-11-10(16-8)13-4-2-12(3-5-13)7-9(14)15/h6H,2-5,7H2,1H3,(H,14,15). The molecule has 1 saturated heterocycles. The van der Waals surface area contributed by atoms with Crippen molar-refractivity contribution in [2.24, 2.45) is 0 Å². The summed E-state index contributed by atoms with van der Waals surface area (Å²) in [5.74, 6) is -0.751. The van der Waals surface area contributed by atoms with Crippen LogP contribution in [0, 0.1) is 6.92 Å². The lowest BCUT2D eigenvalue weighted by Gasteiger charge is -2.33. The van der Waals surface area contributed by atoms with Crippen LogP contribution in [0.1, 0.15) is 4.88 Å². The van der Waals surface area contributed by atoms with E-state index in [0.717, 1.165) is 31.3 Å². The number of nitrogens with zero attached hydrogens (tertiary/aromatic N) is 3. The van der Waals surface area contributed by atoms with Crippen LogP contribution in [0.3, 0.4) is 0 Å². The SMILES string of the molecule is Cc1cnc(N2CCN(CC(=O)O)CC2)s1. The van der Waals surface area contributed by atoms with Crippen molar-refractivity contribution >= 4 is 22.4 Å². The zero-order valence-corrected chi connectivity index (χ0v) is 10.0. The molecule has 88 valence electrons. The number of hydrogen-bond acceptors (Lipinski definition) is 5. The number of rotatable bonds is 3. The summed E-state index contributed by atoms with van der Waals surface area (Å²) in [6.45, 7) is 5.50. The second-order valence-electron chi connectivity index (χ2n) is 3.91. The molecule has 0 amide bonds. The van der Waals surface area contributed by atoms with Gasteiger partial charge in [0.05, 0.1) is 6.54 Å². The normalized spacial score (nSPS) is 17.7. The van der Waals surface area contributed by atoms with Gasteiger partial charge in [-0.15, -0.1) is 11.3 Å². The molecule has 0 aromatic carbocycles. The summed E-state index contributed by atoms with van der Waals surface area (Å²) in [6.07, 6.45) is 1.88. The lowest BCUT2D eigenvalue weighted by molar-refractivity contribution is -0.138. The van der Waals surface area contributed by atoms with E-state index in [1.807, 2.05) is 18.0 Å². The predicted octanol–water partition coefficient (Wildman–Crippen LogP) is 0.658. The Kier molecular flexibility index (Phi) is 3.40. The number of anilines is 1. The van der Waals surface area contributed by atoms with Crippen LogP contribution in [0.4, 0.5) is 5.13 Å². The first kappa shape index (κ1) is 11.3. The molecule has 0 bridgehead atoms. The molecule has 1 aromatic heterocycles. The van der Waals surface area contributed by atoms with Gasteiger partial charge in [-0.2, -0.15) is 0 Å². The van der Waals surface area contributed by atoms with Crippen molar-refractivity contribution in [1.29, 1.82) is 0 Å². The third kappa shape index (κ3) is 2.70. The molecule has 0 unspecified atom stereocenters. The second-order valence-corrected chi connectivity index (χ2v) is 5.12. The highest BCUT2D eigenvalue weighted by atomic mass is 32.1. The van der Waals surface area contributed by atoms with Gasteiger partial charge >= 0.3 is 5.97 Å². The first-order chi connectivity index (χ1) is 7.65. The van der Waals surface area contributed by atoms with Crippen LogP contribution in [0.2, 0.25) is 0 Å². The fourth-order valence-electron chi connectivity index (χ4n) is 1.78. The van der Waals surface area contributed by atoms with E-state index >= 15 is 0 Å². The Morgan fingerprint density at radius 2 is 2.19 bits per heavy atom. The Labute approximate surface area is 98.3 Å². The van der Waals surface area contributed by atoms with Crippen LogP contribution in [-0.2, 0) is 4.79 Å². The van der Waals surface area contributed by atoms with Crippen molar-refractivity contribution in [1.82, 2.24) is 9.88 Å². The molecule has 1 aliphatic rings. The fourth-order valence-corrected chi connectivity index (χ4v) is 2.59. The highest BCUT2D eigenvalue weighted by molar-refractivity contribution is 7.15. The lowest BCUT2D eigenvalue weighted by Crippen LogP contribution is -2.47. The van der Waals surface area contributed by atoms with Gasteiger partial charge in [-0.25, -0.2) is 4.98 Å². The Balaban J connectivity index is 1.87. The fraction of sp³-hybridized carbons (Fsp3) is 0.600. The number of carbonyl (C=O) groups is 1. The van der Waals surface area contributed by atoms with E-state index in [4.69, 9.17) is 5.11 Å². The molecule has 1 aliphatic heterocycles. The highest BCUT2D eigenvalue weighted by Gasteiger charge is 2.20. The van der Waals surface area contributed by atoms with E-state index in [2.05, 4.69) is 9.88 Å². The maximum Gasteiger partial charge on any atom is 0.317 e. The molecule has 16 heavy (non-hydrogen) atoms. The van der Waals surface area contributed by atoms with Gasteiger partial charge in [0, 0.05) is 37.3 Å². The summed E-state index contributed by atoms with van der Waals surface area (Å²) in [7, 11) is 0. The van der Waals surface area contributed by atoms with Crippen molar-refractivity contribution < 1.29 is 9.90 Å². The van der Waals surface area contributed by atoms with Gasteiger partial charge in [0.15, 0.2) is 5.13 Å². The third-order valence-corrected chi connectivity index (χ3v) is 3.58. The van der Waals surface area contributed by atoms with Crippen molar-refractivity contribution in [3.63, 3.8) is 0 Å². The topological polar surface area (TPSA) is 56.7 Å². The van der Waals surface area contributed by atoms with Gasteiger partial charge in [-0.05, 0) is 6.92 Å². The summed E-state index contributed by atoms with van der Waals surface area (Å²) in [4.78, 5) is 20.3. The number of carboxylic acids is 1. The van der Waals surface area contributed by atoms with Crippen molar-refractivity contribution in [2.75, 3.05) is 37.6 Å². The second kappa shape index (κ2) is 4.80. The Bertz CT molecular complexity index is 372. The molecule has 1 N–H and O–H groups in total. The summed E-state index contributed by atoms with van der Waals surface area (Å²) in [5, 5.41) is 9.74. The number of aryl methyl sites for hydroxylation is 1. The number of hydrogen-bond donors (Lipinski definition) is 1. The molecule has 1 fully saturated rings. The zero-order chi connectivity index (χ0) is 11.5. The number of thiazole rings is 1. The van der Waals surface area contributed by atoms with Crippen LogP contribution in [0.25, 0.3) is 0 Å². The molecular formula is C10H15N3O2S. The Hall–Kier alpha value is -1.14. The number of carboxylic acid groups (broad SMARTS) is 1. The molecule has 0 spiro atoms. The van der Waals surface area contributed by atoms with E-state index in [-0.39, 0.29) is 6.54 Å². The minimum atomic E-state index is -0.751. The maximum absolute atomic E-state index is 10.6. The van der Waals surface area contributed by atoms with Crippen LogP contribution in [0.5, 0.6) is 0 Å². The van der Waals surface area contributed by atoms with Crippen LogP contribution in [0.15, 0.2) is 6.20 Å². The van der Waals surface area contributed by atoms with E-state index in [9.17, 15) is 4.79 Å². The lowest BCUT2D eigenvalue weighted by atomic mass is 10.3. The van der Waals surface area contributed by atoms with Gasteiger partial charge in [-0.3, -0.25) is 9.69 Å². The minimum absolute atomic E-state index is 0.144. The molecule has 0 aliphatic carbocycles. The van der Waals surface area contributed by atoms with E-state index in [1.54, 1.807) is 11.3 Å². The van der Waals surface area contributed by atoms with Gasteiger partial charge in [0.25, 0.3) is 0 Å². The molecule has 2 heterocycles. The zero-order valence-electron chi connectivity index (χ0n) is 9.22. The van der Waals surface area contributed by atoms with E-state index < -0.39 is 5.97 Å². The monoisotopic (exact) mass is 241 g/mol. The molecule has 2 rings (SSSR count). The Morgan fingerprint density at radius 1 is 1.50 bits per heavy atom. The first-order valence-electron chi connectivity index (χ1n) is 5.26. The number of piperazine rings is 1. The van der Waals surface area contributed by atoms with Gasteiger partial charge in [0.1, 0.15) is 0 Å². The van der Waals surface area contributed by atoms with Crippen LogP contribution >= 0.6 is 11.3 Å². The summed E-state index contributed by atoms with van der Waals surface area (Å²) in [5.41, 5.74) is 0. The minimum Gasteiger partial charge on any atom is -0.480 e. The molecule has 0 radical (unpaired) electrons. The Morgan fingerprint density at radius 3 is 2.69 bits per heavy atom. The molecule has 6 heteroatoms. The predicted molar refractivity (Wildman–Crippen MR) is 63.1 cm³/mol. The largest absolute Gasteiger partial charge is 0.480 e. The quantitative estimate of drug-likeness (QED) is 0.842. The van der Waals surface area contributed by atoms with Gasteiger partial charge in [-0.1, -0.05) is 0 Å². The molecule has 0 saturated carbocycles. The van der Waals surface area contributed by atoms with Gasteiger partial charge < -0.3 is 10.0 Å². The van der Waals surface area contributed by atoms with Crippen molar-refractivity contribution in [3.8, 4) is 0 Å². The average Bonchev–Trinajstić information content (AvgIpc) is 2.65.